The van der Waals surface area contributed by atoms with Gasteiger partial charge in [-0.25, -0.2) is 4.98 Å². The average Bonchev–Trinajstić information content (AvgIpc) is 3.31. The molecule has 1 aliphatic rings. The Morgan fingerprint density at radius 2 is 1.91 bits per heavy atom. The first kappa shape index (κ1) is 21.7. The van der Waals surface area contributed by atoms with Crippen LogP contribution in [0.3, 0.4) is 0 Å². The summed E-state index contributed by atoms with van der Waals surface area (Å²) in [7, 11) is 1.58. The lowest BCUT2D eigenvalue weighted by Crippen LogP contribution is -2.44. The molecular formula is C24H23N3O4S. The minimum Gasteiger partial charge on any atom is -0.493 e. The summed E-state index contributed by atoms with van der Waals surface area (Å²) in [6.45, 7) is 1.97. The van der Waals surface area contributed by atoms with Gasteiger partial charge in [-0.1, -0.05) is 24.3 Å². The van der Waals surface area contributed by atoms with E-state index in [9.17, 15) is 9.59 Å². The normalized spacial score (nSPS) is 15.3. The van der Waals surface area contributed by atoms with Gasteiger partial charge in [-0.3, -0.25) is 9.59 Å². The van der Waals surface area contributed by atoms with Gasteiger partial charge >= 0.3 is 0 Å². The molecule has 1 unspecified atom stereocenters. The quantitative estimate of drug-likeness (QED) is 0.603. The second-order valence-electron chi connectivity index (χ2n) is 7.29. The van der Waals surface area contributed by atoms with Crippen LogP contribution in [-0.4, -0.2) is 46.5 Å². The van der Waals surface area contributed by atoms with Crippen molar-refractivity contribution in [3.63, 3.8) is 0 Å². The van der Waals surface area contributed by atoms with Crippen LogP contribution in [0.2, 0.25) is 0 Å². The van der Waals surface area contributed by atoms with Crippen molar-refractivity contribution in [1.29, 1.82) is 0 Å². The molecular weight excluding hydrogens is 426 g/mol. The smallest absolute Gasteiger partial charge is 0.255 e. The Bertz CT molecular complexity index is 1110. The number of nitrogens with zero attached hydrogens (tertiary/aromatic N) is 2. The molecule has 3 aromatic rings. The van der Waals surface area contributed by atoms with Gasteiger partial charge in [-0.15, -0.1) is 11.8 Å². The minimum absolute atomic E-state index is 0.148. The second kappa shape index (κ2) is 9.74. The third kappa shape index (κ3) is 4.86. The zero-order valence-corrected chi connectivity index (χ0v) is 18.6. The molecule has 1 aliphatic heterocycles. The van der Waals surface area contributed by atoms with Crippen molar-refractivity contribution in [2.45, 2.75) is 13.0 Å². The van der Waals surface area contributed by atoms with E-state index < -0.39 is 6.04 Å². The first-order valence-corrected chi connectivity index (χ1v) is 11.2. The number of carbonyl (C=O) groups excluding carboxylic acids is 2. The number of methoxy groups -OCH3 is 1. The van der Waals surface area contributed by atoms with Gasteiger partial charge in [0.2, 0.25) is 11.8 Å². The van der Waals surface area contributed by atoms with Gasteiger partial charge in [0, 0.05) is 17.4 Å². The molecule has 2 aromatic carbocycles. The van der Waals surface area contributed by atoms with E-state index in [1.807, 2.05) is 43.3 Å². The van der Waals surface area contributed by atoms with Gasteiger partial charge in [0.15, 0.2) is 11.5 Å². The number of hydrogen-bond donors (Lipinski definition) is 1. The van der Waals surface area contributed by atoms with Crippen molar-refractivity contribution >= 4 is 29.3 Å². The first-order valence-electron chi connectivity index (χ1n) is 10.1. The van der Waals surface area contributed by atoms with E-state index in [4.69, 9.17) is 9.47 Å². The maximum absolute atomic E-state index is 12.9. The number of thioether (sulfide) groups is 1. The molecule has 32 heavy (non-hydrogen) atoms. The maximum atomic E-state index is 12.9. The van der Waals surface area contributed by atoms with Crippen LogP contribution in [-0.2, 0) is 4.79 Å². The van der Waals surface area contributed by atoms with Crippen LogP contribution in [0.25, 0.3) is 0 Å². The highest BCUT2D eigenvalue weighted by Crippen LogP contribution is 2.31. The van der Waals surface area contributed by atoms with Crippen molar-refractivity contribution in [2.75, 3.05) is 24.1 Å². The van der Waals surface area contributed by atoms with Gasteiger partial charge in [0.1, 0.15) is 6.04 Å². The fraction of sp³-hybridized carbons (Fsp3) is 0.208. The summed E-state index contributed by atoms with van der Waals surface area (Å²) in [5, 5.41) is 2.85. The summed E-state index contributed by atoms with van der Waals surface area (Å²) in [6, 6.07) is 17.5. The Labute approximate surface area is 190 Å². The Balaban J connectivity index is 1.41. The zero-order valence-electron chi connectivity index (χ0n) is 17.8. The van der Waals surface area contributed by atoms with E-state index in [0.717, 1.165) is 5.56 Å². The number of aromatic nitrogens is 1. The molecule has 2 heterocycles. The van der Waals surface area contributed by atoms with Crippen LogP contribution in [0.5, 0.6) is 17.4 Å². The number of benzene rings is 2. The highest BCUT2D eigenvalue weighted by molar-refractivity contribution is 7.99. The molecule has 0 radical (unpaired) electrons. The molecule has 8 heteroatoms. The molecule has 1 fully saturated rings. The van der Waals surface area contributed by atoms with Crippen molar-refractivity contribution in [3.05, 3.63) is 78.0 Å². The van der Waals surface area contributed by atoms with E-state index in [-0.39, 0.29) is 11.8 Å². The van der Waals surface area contributed by atoms with Gasteiger partial charge in [0.25, 0.3) is 5.91 Å². The number of rotatable bonds is 6. The number of carbonyl (C=O) groups is 2. The number of aryl methyl sites for hydroxylation is 1. The third-order valence-corrected chi connectivity index (χ3v) is 6.02. The van der Waals surface area contributed by atoms with Crippen LogP contribution < -0.4 is 14.8 Å². The zero-order chi connectivity index (χ0) is 22.5. The van der Waals surface area contributed by atoms with E-state index in [0.29, 0.717) is 40.3 Å². The summed E-state index contributed by atoms with van der Waals surface area (Å²) >= 11 is 1.56. The molecule has 1 N–H and O–H groups in total. The number of ether oxygens (including phenoxy) is 2. The second-order valence-corrected chi connectivity index (χ2v) is 8.29. The van der Waals surface area contributed by atoms with Gasteiger partial charge in [-0.05, 0) is 42.8 Å². The number of amides is 2. The number of pyridine rings is 1. The first-order chi connectivity index (χ1) is 15.5. The standard InChI is InChI=1S/C24H23N3O4S/c1-16-8-10-20(21(12-16)30-2)31-22-11-9-18(13-25-22)26-23(28)19-14-32-15-27(19)24(29)17-6-4-3-5-7-17/h3-13,19H,14-15H2,1-2H3,(H,26,28). The molecule has 2 amide bonds. The molecule has 0 saturated carbocycles. The van der Waals surface area contributed by atoms with E-state index in [2.05, 4.69) is 10.3 Å². The molecule has 4 rings (SSSR count). The lowest BCUT2D eigenvalue weighted by Gasteiger charge is -2.23. The fourth-order valence-electron chi connectivity index (χ4n) is 3.32. The van der Waals surface area contributed by atoms with Crippen molar-refractivity contribution in [3.8, 4) is 17.4 Å². The molecule has 1 aromatic heterocycles. The maximum Gasteiger partial charge on any atom is 0.255 e. The van der Waals surface area contributed by atoms with Crippen LogP contribution >= 0.6 is 11.8 Å². The molecule has 0 aliphatic carbocycles. The summed E-state index contributed by atoms with van der Waals surface area (Å²) in [5.74, 6) is 2.19. The lowest BCUT2D eigenvalue weighted by atomic mass is 10.1. The Morgan fingerprint density at radius 3 is 2.62 bits per heavy atom. The number of nitrogens with one attached hydrogen (secondary N) is 1. The van der Waals surface area contributed by atoms with Crippen molar-refractivity contribution in [2.24, 2.45) is 0 Å². The third-order valence-electron chi connectivity index (χ3n) is 5.00. The summed E-state index contributed by atoms with van der Waals surface area (Å²) in [5.41, 5.74) is 2.16. The predicted molar refractivity (Wildman–Crippen MR) is 124 cm³/mol. The van der Waals surface area contributed by atoms with Crippen LogP contribution in [0.4, 0.5) is 5.69 Å². The van der Waals surface area contributed by atoms with Crippen molar-refractivity contribution < 1.29 is 19.1 Å². The topological polar surface area (TPSA) is 80.8 Å². The van der Waals surface area contributed by atoms with E-state index >= 15 is 0 Å². The summed E-state index contributed by atoms with van der Waals surface area (Å²) in [4.78, 5) is 31.5. The largest absolute Gasteiger partial charge is 0.493 e. The molecule has 0 bridgehead atoms. The Kier molecular flexibility index (Phi) is 6.61. The molecule has 1 atom stereocenters. The summed E-state index contributed by atoms with van der Waals surface area (Å²) in [6.07, 6.45) is 1.53. The molecule has 0 spiro atoms. The SMILES string of the molecule is COc1cc(C)ccc1Oc1ccc(NC(=O)C2CSCN2C(=O)c2ccccc2)cn1. The van der Waals surface area contributed by atoms with Gasteiger partial charge in [0.05, 0.1) is 24.9 Å². The van der Waals surface area contributed by atoms with Crippen LogP contribution in [0.15, 0.2) is 66.9 Å². The average molecular weight is 450 g/mol. The predicted octanol–water partition coefficient (Wildman–Crippen LogP) is 4.34. The summed E-state index contributed by atoms with van der Waals surface area (Å²) < 4.78 is 11.2. The Hall–Kier alpha value is -3.52. The lowest BCUT2D eigenvalue weighted by molar-refractivity contribution is -0.119. The van der Waals surface area contributed by atoms with Gasteiger partial charge in [-0.2, -0.15) is 0 Å². The fourth-order valence-corrected chi connectivity index (χ4v) is 4.47. The monoisotopic (exact) mass is 449 g/mol. The minimum atomic E-state index is -0.541. The number of hydrogen-bond acceptors (Lipinski definition) is 6. The molecule has 1 saturated heterocycles. The highest BCUT2D eigenvalue weighted by atomic mass is 32.2. The van der Waals surface area contributed by atoms with Crippen LogP contribution in [0, 0.1) is 6.92 Å². The van der Waals surface area contributed by atoms with Crippen molar-refractivity contribution in [1.82, 2.24) is 9.88 Å². The van der Waals surface area contributed by atoms with Gasteiger partial charge < -0.3 is 19.7 Å². The highest BCUT2D eigenvalue weighted by Gasteiger charge is 2.35. The van der Waals surface area contributed by atoms with Crippen LogP contribution in [0.1, 0.15) is 15.9 Å². The number of anilines is 1. The van der Waals surface area contributed by atoms with E-state index in [1.54, 1.807) is 48.0 Å². The van der Waals surface area contributed by atoms with E-state index in [1.165, 1.54) is 6.20 Å². The molecule has 7 nitrogen and oxygen atoms in total. The molecule has 164 valence electrons. The Morgan fingerprint density at radius 1 is 1.09 bits per heavy atom.